The second kappa shape index (κ2) is 11.8. The van der Waals surface area contributed by atoms with Crippen LogP contribution in [0.3, 0.4) is 0 Å². The molecule has 0 aliphatic carbocycles. The molecule has 0 bridgehead atoms. The summed E-state index contributed by atoms with van der Waals surface area (Å²) in [4.78, 5) is 30.5. The van der Waals surface area contributed by atoms with E-state index >= 15 is 0 Å². The van der Waals surface area contributed by atoms with Crippen molar-refractivity contribution in [1.29, 1.82) is 0 Å². The first-order chi connectivity index (χ1) is 18.5. The first-order valence-corrected chi connectivity index (χ1v) is 14.2. The Labute approximate surface area is 235 Å². The molecule has 4 rings (SSSR count). The minimum atomic E-state index is -0.308. The predicted molar refractivity (Wildman–Crippen MR) is 158 cm³/mol. The molecular weight excluding hydrogens is 510 g/mol. The number of hydrogen-bond donors (Lipinski definition) is 1. The van der Waals surface area contributed by atoms with Gasteiger partial charge >= 0.3 is 0 Å². The van der Waals surface area contributed by atoms with Gasteiger partial charge in [-0.1, -0.05) is 50.6 Å². The number of likely N-dealkylation sites (N-methyl/N-ethyl adjacent to an activating group) is 1. The van der Waals surface area contributed by atoms with E-state index in [2.05, 4.69) is 57.3 Å². The molecule has 0 unspecified atom stereocenters. The van der Waals surface area contributed by atoms with Crippen LogP contribution in [0.4, 0.5) is 5.82 Å². The van der Waals surface area contributed by atoms with Crippen LogP contribution in [0.5, 0.6) is 5.75 Å². The number of anilines is 1. The highest BCUT2D eigenvalue weighted by molar-refractivity contribution is 8.00. The van der Waals surface area contributed by atoms with Gasteiger partial charge in [-0.3, -0.25) is 14.5 Å². The van der Waals surface area contributed by atoms with Crippen molar-refractivity contribution in [2.24, 2.45) is 0 Å². The van der Waals surface area contributed by atoms with Crippen LogP contribution in [-0.2, 0) is 15.0 Å². The first-order valence-electron chi connectivity index (χ1n) is 13.2. The van der Waals surface area contributed by atoms with Crippen molar-refractivity contribution in [3.63, 3.8) is 0 Å². The van der Waals surface area contributed by atoms with Crippen molar-refractivity contribution in [3.05, 3.63) is 70.9 Å². The van der Waals surface area contributed by atoms with E-state index in [0.29, 0.717) is 18.9 Å². The number of nitrogens with zero attached hydrogens (tertiary/aromatic N) is 4. The molecular formula is C30H39N5O3S. The van der Waals surface area contributed by atoms with E-state index < -0.39 is 0 Å². The Hall–Kier alpha value is -3.30. The van der Waals surface area contributed by atoms with E-state index in [-0.39, 0.29) is 34.8 Å². The number of thioether (sulfide) groups is 1. The fraction of sp³-hybridized carbons (Fsp3) is 0.433. The average Bonchev–Trinajstić information content (AvgIpc) is 3.22. The van der Waals surface area contributed by atoms with Gasteiger partial charge in [0.15, 0.2) is 0 Å². The molecule has 2 heterocycles. The molecule has 39 heavy (non-hydrogen) atoms. The lowest BCUT2D eigenvalue weighted by atomic mass is 9.87. The SMILES string of the molecule is COc1ccc(-n2nc(C(C)(C)C)c3c2N(CC(=O)NCCN(C)C)C(=O)CS[C@@H]3c2cccc(C)c2)cc1. The van der Waals surface area contributed by atoms with Gasteiger partial charge in [0, 0.05) is 24.1 Å². The number of aromatic nitrogens is 2. The minimum Gasteiger partial charge on any atom is -0.497 e. The van der Waals surface area contributed by atoms with E-state index in [1.54, 1.807) is 23.8 Å². The molecule has 3 aromatic rings. The predicted octanol–water partition coefficient (Wildman–Crippen LogP) is 4.33. The largest absolute Gasteiger partial charge is 0.497 e. The Morgan fingerprint density at radius 1 is 1.18 bits per heavy atom. The Bertz CT molecular complexity index is 1330. The Balaban J connectivity index is 1.92. The second-order valence-corrected chi connectivity index (χ2v) is 12.3. The molecule has 1 aliphatic heterocycles. The number of fused-ring (bicyclic) bond motifs is 1. The number of amides is 2. The third-order valence-electron chi connectivity index (χ3n) is 6.64. The van der Waals surface area contributed by atoms with Gasteiger partial charge in [-0.2, -0.15) is 5.10 Å². The minimum absolute atomic E-state index is 0.0776. The van der Waals surface area contributed by atoms with Crippen LogP contribution < -0.4 is 15.0 Å². The van der Waals surface area contributed by atoms with Crippen LogP contribution in [0.25, 0.3) is 5.69 Å². The highest BCUT2D eigenvalue weighted by Gasteiger charge is 2.39. The van der Waals surface area contributed by atoms with Crippen molar-refractivity contribution in [2.75, 3.05) is 51.5 Å². The van der Waals surface area contributed by atoms with Gasteiger partial charge in [0.2, 0.25) is 11.8 Å². The zero-order valence-electron chi connectivity index (χ0n) is 23.9. The van der Waals surface area contributed by atoms with E-state index in [9.17, 15) is 9.59 Å². The zero-order chi connectivity index (χ0) is 28.3. The molecule has 9 heteroatoms. The number of rotatable bonds is 8. The zero-order valence-corrected chi connectivity index (χ0v) is 24.8. The van der Waals surface area contributed by atoms with Gasteiger partial charge in [-0.25, -0.2) is 4.68 Å². The Kier molecular flexibility index (Phi) is 8.71. The third-order valence-corrected chi connectivity index (χ3v) is 7.90. The number of carbonyl (C=O) groups excluding carboxylic acids is 2. The molecule has 8 nitrogen and oxygen atoms in total. The molecule has 1 aliphatic rings. The van der Waals surface area contributed by atoms with Crippen LogP contribution >= 0.6 is 11.8 Å². The summed E-state index contributed by atoms with van der Waals surface area (Å²) < 4.78 is 7.20. The van der Waals surface area contributed by atoms with Gasteiger partial charge in [-0.15, -0.1) is 11.8 Å². The van der Waals surface area contributed by atoms with Crippen molar-refractivity contribution >= 4 is 29.4 Å². The van der Waals surface area contributed by atoms with Crippen molar-refractivity contribution < 1.29 is 14.3 Å². The number of hydrogen-bond acceptors (Lipinski definition) is 6. The molecule has 0 saturated carbocycles. The summed E-state index contributed by atoms with van der Waals surface area (Å²) in [7, 11) is 5.55. The third kappa shape index (κ3) is 6.47. The highest BCUT2D eigenvalue weighted by atomic mass is 32.2. The summed E-state index contributed by atoms with van der Waals surface area (Å²) in [6, 6.07) is 16.0. The molecule has 0 radical (unpaired) electrons. The van der Waals surface area contributed by atoms with Crippen LogP contribution in [-0.4, -0.2) is 73.1 Å². The summed E-state index contributed by atoms with van der Waals surface area (Å²) >= 11 is 1.59. The van der Waals surface area contributed by atoms with Crippen molar-refractivity contribution in [3.8, 4) is 11.4 Å². The number of benzene rings is 2. The van der Waals surface area contributed by atoms with Crippen LogP contribution in [0, 0.1) is 6.92 Å². The smallest absolute Gasteiger partial charge is 0.240 e. The number of aryl methyl sites for hydroxylation is 1. The average molecular weight is 550 g/mol. The maximum atomic E-state index is 13.7. The molecule has 2 amide bonds. The summed E-state index contributed by atoms with van der Waals surface area (Å²) in [6.45, 7) is 9.63. The quantitative estimate of drug-likeness (QED) is 0.451. The van der Waals surface area contributed by atoms with E-state index in [0.717, 1.165) is 33.8 Å². The topological polar surface area (TPSA) is 79.7 Å². The molecule has 2 aromatic carbocycles. The van der Waals surface area contributed by atoms with Gasteiger partial charge in [0.1, 0.15) is 18.1 Å². The van der Waals surface area contributed by atoms with Crippen LogP contribution in [0.15, 0.2) is 48.5 Å². The second-order valence-electron chi connectivity index (χ2n) is 11.2. The monoisotopic (exact) mass is 549 g/mol. The fourth-order valence-corrected chi connectivity index (χ4v) is 5.88. The summed E-state index contributed by atoms with van der Waals surface area (Å²) in [6.07, 6.45) is 0. The maximum absolute atomic E-state index is 13.7. The van der Waals surface area contributed by atoms with E-state index in [4.69, 9.17) is 9.84 Å². The number of carbonyl (C=O) groups is 2. The van der Waals surface area contributed by atoms with Gasteiger partial charge < -0.3 is 15.0 Å². The maximum Gasteiger partial charge on any atom is 0.240 e. The van der Waals surface area contributed by atoms with Crippen LogP contribution in [0.2, 0.25) is 0 Å². The summed E-state index contributed by atoms with van der Waals surface area (Å²) in [5.74, 6) is 1.32. The lowest BCUT2D eigenvalue weighted by Gasteiger charge is -2.25. The summed E-state index contributed by atoms with van der Waals surface area (Å²) in [5.41, 5.74) is 4.63. The lowest BCUT2D eigenvalue weighted by molar-refractivity contribution is -0.122. The highest BCUT2D eigenvalue weighted by Crippen LogP contribution is 2.48. The van der Waals surface area contributed by atoms with Crippen molar-refractivity contribution in [1.82, 2.24) is 20.0 Å². The molecule has 0 saturated heterocycles. The van der Waals surface area contributed by atoms with E-state index in [1.807, 2.05) is 47.9 Å². The van der Waals surface area contributed by atoms with E-state index in [1.165, 1.54) is 0 Å². The first kappa shape index (κ1) is 28.7. The number of nitrogens with one attached hydrogen (secondary N) is 1. The molecule has 1 aromatic heterocycles. The molecule has 1 N–H and O–H groups in total. The molecule has 208 valence electrons. The number of ether oxygens (including phenoxy) is 1. The fourth-order valence-electron chi connectivity index (χ4n) is 4.69. The van der Waals surface area contributed by atoms with Gasteiger partial charge in [0.05, 0.1) is 29.5 Å². The molecule has 0 fully saturated rings. The molecule has 1 atom stereocenters. The lowest BCUT2D eigenvalue weighted by Crippen LogP contribution is -2.43. The van der Waals surface area contributed by atoms with Crippen molar-refractivity contribution in [2.45, 2.75) is 38.4 Å². The molecule has 0 spiro atoms. The van der Waals surface area contributed by atoms with Gasteiger partial charge in [-0.05, 0) is 50.8 Å². The standard InChI is InChI=1S/C30H39N5O3S/c1-20-9-8-10-21(17-20)27-26-28(30(2,3)4)32-35(22-11-13-23(38-7)14-12-22)29(26)34(25(37)19-39-27)18-24(36)31-15-16-33(5)6/h8-14,17,27H,15-16,18-19H2,1-7H3,(H,31,36)/t27-/m1/s1. The van der Waals surface area contributed by atoms with Gasteiger partial charge in [0.25, 0.3) is 0 Å². The number of methoxy groups -OCH3 is 1. The normalized spacial score (nSPS) is 15.7. The Morgan fingerprint density at radius 3 is 2.51 bits per heavy atom. The Morgan fingerprint density at radius 2 is 1.90 bits per heavy atom. The summed E-state index contributed by atoms with van der Waals surface area (Å²) in [5, 5.41) is 7.98. The van der Waals surface area contributed by atoms with Crippen LogP contribution in [0.1, 0.15) is 48.4 Å².